The van der Waals surface area contributed by atoms with Crippen LogP contribution in [0.5, 0.6) is 0 Å². The van der Waals surface area contributed by atoms with E-state index in [-0.39, 0.29) is 17.8 Å². The van der Waals surface area contributed by atoms with Gasteiger partial charge in [-0.15, -0.1) is 0 Å². The Morgan fingerprint density at radius 3 is 2.70 bits per heavy atom. The average molecular weight is 284 g/mol. The Labute approximate surface area is 119 Å². The number of hydrogen-bond acceptors (Lipinski definition) is 6. The number of nitrogens with zero attached hydrogens (tertiary/aromatic N) is 3. The summed E-state index contributed by atoms with van der Waals surface area (Å²) in [6, 6.07) is 0.139. The number of halogens is 1. The molecule has 0 aromatic carbocycles. The maximum atomic E-state index is 13.6. The second kappa shape index (κ2) is 8.65. The molecule has 114 valence electrons. The van der Waals surface area contributed by atoms with Crippen LogP contribution in [0.4, 0.5) is 16.2 Å². The highest BCUT2D eigenvalue weighted by Crippen LogP contribution is 2.14. The number of aromatic nitrogens is 2. The van der Waals surface area contributed by atoms with E-state index >= 15 is 0 Å². The van der Waals surface area contributed by atoms with Gasteiger partial charge in [-0.1, -0.05) is 13.8 Å². The molecule has 0 aliphatic carbocycles. The van der Waals surface area contributed by atoms with E-state index in [2.05, 4.69) is 39.5 Å². The van der Waals surface area contributed by atoms with E-state index in [1.807, 2.05) is 6.92 Å². The molecule has 20 heavy (non-hydrogen) atoms. The summed E-state index contributed by atoms with van der Waals surface area (Å²) in [4.78, 5) is 10.0. The van der Waals surface area contributed by atoms with E-state index < -0.39 is 5.82 Å². The largest absolute Gasteiger partial charge is 0.365 e. The van der Waals surface area contributed by atoms with E-state index in [0.29, 0.717) is 0 Å². The van der Waals surface area contributed by atoms with Crippen LogP contribution in [0.1, 0.15) is 33.6 Å². The molecule has 4 N–H and O–H groups in total. The summed E-state index contributed by atoms with van der Waals surface area (Å²) in [7, 11) is 0. The fourth-order valence-corrected chi connectivity index (χ4v) is 2.00. The van der Waals surface area contributed by atoms with Crippen LogP contribution in [-0.4, -0.2) is 40.5 Å². The maximum Gasteiger partial charge on any atom is 0.239 e. The van der Waals surface area contributed by atoms with E-state index in [1.54, 1.807) is 0 Å². The summed E-state index contributed by atoms with van der Waals surface area (Å²) >= 11 is 0. The minimum atomic E-state index is -0.473. The highest BCUT2D eigenvalue weighted by Gasteiger charge is 2.10. The van der Waals surface area contributed by atoms with Gasteiger partial charge in [-0.05, 0) is 39.4 Å². The number of nitrogens with two attached hydrogens (primary N) is 1. The minimum absolute atomic E-state index is 0.139. The zero-order valence-electron chi connectivity index (χ0n) is 12.5. The van der Waals surface area contributed by atoms with Gasteiger partial charge >= 0.3 is 0 Å². The summed E-state index contributed by atoms with van der Waals surface area (Å²) in [5, 5.41) is 3.05. The predicted molar refractivity (Wildman–Crippen MR) is 79.9 cm³/mol. The molecule has 6 nitrogen and oxygen atoms in total. The van der Waals surface area contributed by atoms with E-state index in [1.165, 1.54) is 0 Å². The molecule has 0 fully saturated rings. The van der Waals surface area contributed by atoms with Crippen LogP contribution >= 0.6 is 0 Å². The van der Waals surface area contributed by atoms with Crippen molar-refractivity contribution in [3.63, 3.8) is 0 Å². The summed E-state index contributed by atoms with van der Waals surface area (Å²) < 4.78 is 13.6. The molecule has 1 atom stereocenters. The molecule has 7 heteroatoms. The van der Waals surface area contributed by atoms with Gasteiger partial charge in [0.2, 0.25) is 5.95 Å². The molecule has 1 aromatic rings. The van der Waals surface area contributed by atoms with Gasteiger partial charge in [0.25, 0.3) is 0 Å². The molecule has 0 saturated carbocycles. The quantitative estimate of drug-likeness (QED) is 0.474. The first kappa shape index (κ1) is 16.6. The molecule has 1 aromatic heterocycles. The van der Waals surface area contributed by atoms with Gasteiger partial charge in [-0.3, -0.25) is 5.43 Å². The number of nitrogens with one attached hydrogen (secondary N) is 2. The van der Waals surface area contributed by atoms with Gasteiger partial charge in [-0.2, -0.15) is 4.98 Å². The highest BCUT2D eigenvalue weighted by atomic mass is 19.1. The molecule has 0 amide bonds. The number of anilines is 2. The summed E-state index contributed by atoms with van der Waals surface area (Å²) in [6.45, 7) is 9.50. The molecule has 1 rings (SSSR count). The van der Waals surface area contributed by atoms with E-state index in [9.17, 15) is 4.39 Å². The van der Waals surface area contributed by atoms with Crippen LogP contribution in [-0.2, 0) is 0 Å². The van der Waals surface area contributed by atoms with Crippen molar-refractivity contribution in [2.24, 2.45) is 5.84 Å². The zero-order chi connectivity index (χ0) is 15.0. The molecule has 0 bridgehead atoms. The zero-order valence-corrected chi connectivity index (χ0v) is 12.5. The Hall–Kier alpha value is -1.47. The fraction of sp³-hybridized carbons (Fsp3) is 0.692. The second-order valence-corrected chi connectivity index (χ2v) is 4.75. The van der Waals surface area contributed by atoms with Crippen LogP contribution in [0.3, 0.4) is 0 Å². The summed E-state index contributed by atoms with van der Waals surface area (Å²) in [5.41, 5.74) is 2.31. The van der Waals surface area contributed by atoms with Crippen molar-refractivity contribution >= 4 is 11.8 Å². The monoisotopic (exact) mass is 284 g/mol. The lowest BCUT2D eigenvalue weighted by Crippen LogP contribution is -2.26. The maximum absolute atomic E-state index is 13.6. The first-order valence-corrected chi connectivity index (χ1v) is 7.08. The minimum Gasteiger partial charge on any atom is -0.365 e. The van der Waals surface area contributed by atoms with Gasteiger partial charge in [0, 0.05) is 6.04 Å². The molecule has 0 radical (unpaired) electrons. The van der Waals surface area contributed by atoms with Crippen LogP contribution in [0.15, 0.2) is 6.20 Å². The Kier molecular flexibility index (Phi) is 7.17. The molecule has 0 aliphatic heterocycles. The molecule has 0 saturated heterocycles. The number of rotatable bonds is 9. The van der Waals surface area contributed by atoms with E-state index in [4.69, 9.17) is 5.84 Å². The number of hydrogen-bond donors (Lipinski definition) is 3. The van der Waals surface area contributed by atoms with Crippen molar-refractivity contribution < 1.29 is 4.39 Å². The van der Waals surface area contributed by atoms with Crippen molar-refractivity contribution in [2.75, 3.05) is 30.4 Å². The predicted octanol–water partition coefficient (Wildman–Crippen LogP) is 1.82. The van der Waals surface area contributed by atoms with Gasteiger partial charge < -0.3 is 10.2 Å². The fourth-order valence-electron chi connectivity index (χ4n) is 2.00. The number of hydrazine groups is 1. The van der Waals surface area contributed by atoms with E-state index in [0.717, 1.165) is 38.7 Å². The second-order valence-electron chi connectivity index (χ2n) is 4.75. The lowest BCUT2D eigenvalue weighted by atomic mass is 10.1. The third kappa shape index (κ3) is 5.26. The molecule has 0 aliphatic rings. The summed E-state index contributed by atoms with van der Waals surface area (Å²) in [5.74, 6) is 5.12. The standard InChI is InChI=1S/C13H25FN6/c1-4-20(5-2)8-6-7-10(3)17-12-11(14)9-16-13(18-12)19-15/h9-10H,4-8,15H2,1-3H3,(H2,16,17,18,19). The molecular formula is C13H25FN6. The Bertz CT molecular complexity index is 396. The Morgan fingerprint density at radius 2 is 2.10 bits per heavy atom. The van der Waals surface area contributed by atoms with Gasteiger partial charge in [0.15, 0.2) is 11.6 Å². The van der Waals surface area contributed by atoms with Crippen LogP contribution in [0.25, 0.3) is 0 Å². The van der Waals surface area contributed by atoms with Crippen LogP contribution in [0.2, 0.25) is 0 Å². The highest BCUT2D eigenvalue weighted by molar-refractivity contribution is 5.41. The topological polar surface area (TPSA) is 79.1 Å². The van der Waals surface area contributed by atoms with Crippen molar-refractivity contribution in [2.45, 2.75) is 39.7 Å². The van der Waals surface area contributed by atoms with Crippen LogP contribution in [0, 0.1) is 5.82 Å². The molecule has 1 unspecified atom stereocenters. The molecule has 1 heterocycles. The number of nitrogen functional groups attached to an aromatic ring is 1. The first-order valence-electron chi connectivity index (χ1n) is 7.08. The average Bonchev–Trinajstić information content (AvgIpc) is 2.46. The lowest BCUT2D eigenvalue weighted by Gasteiger charge is -2.20. The Morgan fingerprint density at radius 1 is 1.40 bits per heavy atom. The van der Waals surface area contributed by atoms with Crippen molar-refractivity contribution in [3.05, 3.63) is 12.0 Å². The smallest absolute Gasteiger partial charge is 0.239 e. The van der Waals surface area contributed by atoms with Crippen molar-refractivity contribution in [1.82, 2.24) is 14.9 Å². The van der Waals surface area contributed by atoms with Crippen molar-refractivity contribution in [1.29, 1.82) is 0 Å². The third-order valence-corrected chi connectivity index (χ3v) is 3.26. The summed E-state index contributed by atoms with van der Waals surface area (Å²) in [6.07, 6.45) is 3.11. The van der Waals surface area contributed by atoms with Gasteiger partial charge in [0.05, 0.1) is 6.20 Å². The lowest BCUT2D eigenvalue weighted by molar-refractivity contribution is 0.295. The molecular weight excluding hydrogens is 259 g/mol. The Balaban J connectivity index is 2.44. The van der Waals surface area contributed by atoms with Crippen molar-refractivity contribution in [3.8, 4) is 0 Å². The van der Waals surface area contributed by atoms with Gasteiger partial charge in [-0.25, -0.2) is 15.2 Å². The van der Waals surface area contributed by atoms with Crippen LogP contribution < -0.4 is 16.6 Å². The SMILES string of the molecule is CCN(CC)CCCC(C)Nc1nc(NN)ncc1F. The normalized spacial score (nSPS) is 12.5. The van der Waals surface area contributed by atoms with Gasteiger partial charge in [0.1, 0.15) is 0 Å². The first-order chi connectivity index (χ1) is 9.60. The molecule has 0 spiro atoms. The third-order valence-electron chi connectivity index (χ3n) is 3.26.